The van der Waals surface area contributed by atoms with Crippen molar-refractivity contribution in [3.63, 3.8) is 0 Å². The van der Waals surface area contributed by atoms with E-state index in [2.05, 4.69) is 5.32 Å². The molecule has 2 rings (SSSR count). The van der Waals surface area contributed by atoms with Crippen LogP contribution in [0.15, 0.2) is 24.3 Å². The fraction of sp³-hybridized carbons (Fsp3) is 0.412. The lowest BCUT2D eigenvalue weighted by Crippen LogP contribution is -2.34. The summed E-state index contributed by atoms with van der Waals surface area (Å²) in [6.45, 7) is 5.43. The molecule has 1 aromatic rings. The van der Waals surface area contributed by atoms with Crippen molar-refractivity contribution in [2.24, 2.45) is 0 Å². The predicted molar refractivity (Wildman–Crippen MR) is 86.5 cm³/mol. The topological polar surface area (TPSA) is 102 Å². The first-order chi connectivity index (χ1) is 11.7. The van der Waals surface area contributed by atoms with Gasteiger partial charge in [-0.3, -0.25) is 9.59 Å². The second-order valence-electron chi connectivity index (χ2n) is 6.45. The first-order valence-corrected chi connectivity index (χ1v) is 7.84. The molecule has 0 fully saturated rings. The molecule has 0 aliphatic carbocycles. The van der Waals surface area contributed by atoms with Gasteiger partial charge in [-0.25, -0.2) is 9.59 Å². The molecule has 3 amide bonds. The number of carbonyl (C=O) groups is 4. The number of hydrogen-bond acceptors (Lipinski definition) is 6. The van der Waals surface area contributed by atoms with Crippen LogP contribution in [0, 0.1) is 0 Å². The second-order valence-corrected chi connectivity index (χ2v) is 6.45. The van der Waals surface area contributed by atoms with Gasteiger partial charge in [-0.1, -0.05) is 17.2 Å². The van der Waals surface area contributed by atoms with Gasteiger partial charge in [0.25, 0.3) is 11.8 Å². The molecule has 0 spiro atoms. The predicted octanol–water partition coefficient (Wildman–Crippen LogP) is 2.05. The first-order valence-electron chi connectivity index (χ1n) is 7.84. The first kappa shape index (κ1) is 18.4. The smallest absolute Gasteiger partial charge is 0.407 e. The SMILES string of the molecule is CC(C)(C)OC(=O)NCCCC(=O)ON1C(=O)c2ccccc2C1=O. The number of amides is 3. The molecule has 0 bridgehead atoms. The third-order valence-electron chi connectivity index (χ3n) is 3.18. The van der Waals surface area contributed by atoms with Gasteiger partial charge < -0.3 is 14.9 Å². The maximum Gasteiger partial charge on any atom is 0.407 e. The fourth-order valence-corrected chi connectivity index (χ4v) is 2.13. The van der Waals surface area contributed by atoms with E-state index in [4.69, 9.17) is 9.57 Å². The number of imide groups is 1. The van der Waals surface area contributed by atoms with Gasteiger partial charge in [-0.05, 0) is 39.3 Å². The summed E-state index contributed by atoms with van der Waals surface area (Å²) in [6, 6.07) is 6.23. The summed E-state index contributed by atoms with van der Waals surface area (Å²) < 4.78 is 5.05. The van der Waals surface area contributed by atoms with E-state index in [-0.39, 0.29) is 30.5 Å². The van der Waals surface area contributed by atoms with Crippen molar-refractivity contribution in [2.45, 2.75) is 39.2 Å². The Morgan fingerprint density at radius 1 is 1.08 bits per heavy atom. The number of nitrogens with one attached hydrogen (secondary N) is 1. The van der Waals surface area contributed by atoms with Crippen LogP contribution < -0.4 is 5.32 Å². The van der Waals surface area contributed by atoms with E-state index in [1.54, 1.807) is 32.9 Å². The van der Waals surface area contributed by atoms with Gasteiger partial charge in [0.1, 0.15) is 5.60 Å². The molecule has 0 aromatic heterocycles. The van der Waals surface area contributed by atoms with Gasteiger partial charge in [0, 0.05) is 13.0 Å². The van der Waals surface area contributed by atoms with Crippen molar-refractivity contribution >= 4 is 23.9 Å². The van der Waals surface area contributed by atoms with Crippen LogP contribution in [0.4, 0.5) is 4.79 Å². The molecule has 8 heteroatoms. The number of hydrogen-bond donors (Lipinski definition) is 1. The molecule has 0 radical (unpaired) electrons. The Morgan fingerprint density at radius 2 is 1.64 bits per heavy atom. The Labute approximate surface area is 145 Å². The van der Waals surface area contributed by atoms with E-state index < -0.39 is 29.5 Å². The van der Waals surface area contributed by atoms with Gasteiger partial charge in [0.2, 0.25) is 0 Å². The molecule has 1 aliphatic heterocycles. The summed E-state index contributed by atoms with van der Waals surface area (Å²) in [5.41, 5.74) is -0.201. The summed E-state index contributed by atoms with van der Waals surface area (Å²) in [6.07, 6.45) is -0.369. The largest absolute Gasteiger partial charge is 0.444 e. The van der Waals surface area contributed by atoms with Gasteiger partial charge in [-0.15, -0.1) is 0 Å². The average Bonchev–Trinajstić information content (AvgIpc) is 2.75. The van der Waals surface area contributed by atoms with Crippen LogP contribution in [0.3, 0.4) is 0 Å². The molecule has 1 N–H and O–H groups in total. The van der Waals surface area contributed by atoms with Gasteiger partial charge in [0.05, 0.1) is 11.1 Å². The van der Waals surface area contributed by atoms with Crippen LogP contribution >= 0.6 is 0 Å². The highest BCUT2D eigenvalue weighted by Crippen LogP contribution is 2.22. The molecule has 25 heavy (non-hydrogen) atoms. The highest BCUT2D eigenvalue weighted by molar-refractivity contribution is 6.20. The van der Waals surface area contributed by atoms with Crippen molar-refractivity contribution in [2.75, 3.05) is 6.54 Å². The molecular weight excluding hydrogens is 328 g/mol. The summed E-state index contributed by atoms with van der Waals surface area (Å²) >= 11 is 0. The lowest BCUT2D eigenvalue weighted by Gasteiger charge is -2.19. The van der Waals surface area contributed by atoms with Crippen LogP contribution in [-0.4, -0.2) is 41.1 Å². The molecule has 134 valence electrons. The van der Waals surface area contributed by atoms with Crippen LogP contribution in [-0.2, 0) is 14.4 Å². The number of rotatable bonds is 5. The van der Waals surface area contributed by atoms with Crippen LogP contribution in [0.25, 0.3) is 0 Å². The van der Waals surface area contributed by atoms with Crippen LogP contribution in [0.2, 0.25) is 0 Å². The average molecular weight is 348 g/mol. The Hall–Kier alpha value is -2.90. The van der Waals surface area contributed by atoms with Gasteiger partial charge in [-0.2, -0.15) is 0 Å². The van der Waals surface area contributed by atoms with E-state index in [0.29, 0.717) is 5.06 Å². The lowest BCUT2D eigenvalue weighted by atomic mass is 10.1. The van der Waals surface area contributed by atoms with E-state index in [0.717, 1.165) is 0 Å². The number of benzene rings is 1. The quantitative estimate of drug-likeness (QED) is 0.645. The molecular formula is C17H20N2O6. The highest BCUT2D eigenvalue weighted by atomic mass is 16.7. The third kappa shape index (κ3) is 4.79. The van der Waals surface area contributed by atoms with E-state index >= 15 is 0 Å². The number of carbonyl (C=O) groups excluding carboxylic acids is 4. The molecule has 1 aliphatic rings. The zero-order valence-electron chi connectivity index (χ0n) is 14.3. The second kappa shape index (κ2) is 7.33. The van der Waals surface area contributed by atoms with Crippen LogP contribution in [0.5, 0.6) is 0 Å². The number of nitrogens with zero attached hydrogens (tertiary/aromatic N) is 1. The maximum absolute atomic E-state index is 12.0. The Balaban J connectivity index is 1.76. The van der Waals surface area contributed by atoms with Crippen molar-refractivity contribution in [1.82, 2.24) is 10.4 Å². The van der Waals surface area contributed by atoms with Crippen molar-refractivity contribution in [3.05, 3.63) is 35.4 Å². The number of hydroxylamine groups is 2. The molecule has 1 aromatic carbocycles. The highest BCUT2D eigenvalue weighted by Gasteiger charge is 2.38. The summed E-state index contributed by atoms with van der Waals surface area (Å²) in [5.74, 6) is -2.07. The number of ether oxygens (including phenoxy) is 1. The zero-order valence-corrected chi connectivity index (χ0v) is 14.3. The maximum atomic E-state index is 12.0. The number of alkyl carbamates (subject to hydrolysis) is 1. The third-order valence-corrected chi connectivity index (χ3v) is 3.18. The van der Waals surface area contributed by atoms with E-state index in [1.165, 1.54) is 12.1 Å². The van der Waals surface area contributed by atoms with E-state index in [9.17, 15) is 19.2 Å². The van der Waals surface area contributed by atoms with Crippen LogP contribution in [0.1, 0.15) is 54.3 Å². The van der Waals surface area contributed by atoms with Gasteiger partial charge in [0.15, 0.2) is 0 Å². The minimum Gasteiger partial charge on any atom is -0.444 e. The monoisotopic (exact) mass is 348 g/mol. The molecule has 0 saturated carbocycles. The molecule has 0 atom stereocenters. The van der Waals surface area contributed by atoms with Crippen molar-refractivity contribution in [1.29, 1.82) is 0 Å². The minimum absolute atomic E-state index is 0.0663. The van der Waals surface area contributed by atoms with E-state index in [1.807, 2.05) is 0 Å². The van der Waals surface area contributed by atoms with Gasteiger partial charge >= 0.3 is 12.1 Å². The zero-order chi connectivity index (χ0) is 18.6. The molecule has 8 nitrogen and oxygen atoms in total. The van der Waals surface area contributed by atoms with Crippen molar-refractivity contribution < 1.29 is 28.8 Å². The molecule has 1 heterocycles. The standard InChI is InChI=1S/C17H20N2O6/c1-17(2,3)24-16(23)18-10-6-9-13(20)25-19-14(21)11-7-4-5-8-12(11)15(19)22/h4-5,7-8H,6,9-10H2,1-3H3,(H,18,23). The summed E-state index contributed by atoms with van der Waals surface area (Å²) in [7, 11) is 0. The summed E-state index contributed by atoms with van der Waals surface area (Å²) in [5, 5.41) is 2.97. The Kier molecular flexibility index (Phi) is 5.41. The molecule has 0 saturated heterocycles. The molecule has 0 unspecified atom stereocenters. The fourth-order valence-electron chi connectivity index (χ4n) is 2.13. The minimum atomic E-state index is -0.736. The lowest BCUT2D eigenvalue weighted by molar-refractivity contribution is -0.168. The number of fused-ring (bicyclic) bond motifs is 1. The normalized spacial score (nSPS) is 13.5. The van der Waals surface area contributed by atoms with Crippen molar-refractivity contribution in [3.8, 4) is 0 Å². The Morgan fingerprint density at radius 3 is 2.16 bits per heavy atom. The Bertz CT molecular complexity index is 672. The summed E-state index contributed by atoms with van der Waals surface area (Å²) in [4.78, 5) is 52.2.